The van der Waals surface area contributed by atoms with Crippen LogP contribution in [0.25, 0.3) is 10.6 Å². The number of rotatable bonds is 3. The van der Waals surface area contributed by atoms with E-state index in [1.54, 1.807) is 6.20 Å². The zero-order chi connectivity index (χ0) is 17.6. The Bertz CT molecular complexity index is 894. The lowest BCUT2D eigenvalue weighted by atomic mass is 9.72. The summed E-state index contributed by atoms with van der Waals surface area (Å²) in [5.74, 6) is 0. The number of likely N-dealkylation sites (tertiary alicyclic amines) is 1. The van der Waals surface area contributed by atoms with E-state index in [9.17, 15) is 5.11 Å². The molecule has 1 fully saturated rings. The highest BCUT2D eigenvalue weighted by Crippen LogP contribution is 2.46. The maximum absolute atomic E-state index is 10.8. The van der Waals surface area contributed by atoms with Crippen molar-refractivity contribution in [3.63, 3.8) is 0 Å². The molecule has 5 heteroatoms. The average Bonchev–Trinajstić information content (AvgIpc) is 3.38. The summed E-state index contributed by atoms with van der Waals surface area (Å²) in [4.78, 5) is 5.16. The van der Waals surface area contributed by atoms with Crippen molar-refractivity contribution in [3.05, 3.63) is 64.7 Å². The van der Waals surface area contributed by atoms with Crippen molar-refractivity contribution in [1.82, 2.24) is 15.1 Å². The summed E-state index contributed by atoms with van der Waals surface area (Å²) in [7, 11) is 0. The van der Waals surface area contributed by atoms with Gasteiger partial charge in [-0.15, -0.1) is 11.3 Å². The number of aromatic amines is 1. The standard InChI is InChI=1S/C21H23N3OS/c25-20-13-15-3-1-2-4-17(15)21(20)8-11-24(12-9-21)14-16-5-6-19(26-16)18-7-10-22-23-18/h1-7,10,20,25H,8-9,11-14H2,(H,22,23). The van der Waals surface area contributed by atoms with E-state index >= 15 is 0 Å². The molecule has 2 aromatic heterocycles. The molecular formula is C21H23N3OS. The highest BCUT2D eigenvalue weighted by molar-refractivity contribution is 7.15. The number of hydrogen-bond acceptors (Lipinski definition) is 4. The number of nitrogens with one attached hydrogen (secondary N) is 1. The molecule has 0 amide bonds. The number of piperidine rings is 1. The second-order valence-electron chi connectivity index (χ2n) is 7.55. The molecule has 1 aromatic carbocycles. The van der Waals surface area contributed by atoms with E-state index in [1.165, 1.54) is 20.9 Å². The molecule has 5 rings (SSSR count). The molecule has 1 aliphatic carbocycles. The topological polar surface area (TPSA) is 52.1 Å². The third kappa shape index (κ3) is 2.62. The number of aliphatic hydroxyl groups excluding tert-OH is 1. The number of thiophene rings is 1. The highest BCUT2D eigenvalue weighted by atomic mass is 32.1. The SMILES string of the molecule is OC1Cc2ccccc2C12CCN(Cc1ccc(-c3ccn[nH]3)s1)CC2. The first-order valence-electron chi connectivity index (χ1n) is 9.32. The quantitative estimate of drug-likeness (QED) is 0.746. The van der Waals surface area contributed by atoms with Crippen molar-refractivity contribution in [2.75, 3.05) is 13.1 Å². The second kappa shape index (κ2) is 6.34. The average molecular weight is 366 g/mol. The van der Waals surface area contributed by atoms with Gasteiger partial charge in [0.05, 0.1) is 16.7 Å². The number of benzene rings is 1. The van der Waals surface area contributed by atoms with E-state index in [1.807, 2.05) is 17.4 Å². The summed E-state index contributed by atoms with van der Waals surface area (Å²) in [6, 6.07) is 15.0. The summed E-state index contributed by atoms with van der Waals surface area (Å²) in [6.45, 7) is 3.08. The molecule has 0 radical (unpaired) electrons. The van der Waals surface area contributed by atoms with Crippen LogP contribution >= 0.6 is 11.3 Å². The van der Waals surface area contributed by atoms with E-state index in [2.05, 4.69) is 51.5 Å². The molecule has 4 nitrogen and oxygen atoms in total. The van der Waals surface area contributed by atoms with Crippen LogP contribution in [0, 0.1) is 0 Å². The fraction of sp³-hybridized carbons (Fsp3) is 0.381. The Balaban J connectivity index is 1.28. The monoisotopic (exact) mass is 365 g/mol. The van der Waals surface area contributed by atoms with Crippen LogP contribution < -0.4 is 0 Å². The van der Waals surface area contributed by atoms with Gasteiger partial charge in [-0.25, -0.2) is 0 Å². The van der Waals surface area contributed by atoms with Gasteiger partial charge in [0.25, 0.3) is 0 Å². The Hall–Kier alpha value is -1.95. The van der Waals surface area contributed by atoms with Crippen LogP contribution in [0.5, 0.6) is 0 Å². The summed E-state index contributed by atoms with van der Waals surface area (Å²) < 4.78 is 0. The molecule has 1 unspecified atom stereocenters. The number of aromatic nitrogens is 2. The summed E-state index contributed by atoms with van der Waals surface area (Å²) in [6.07, 6.45) is 4.47. The van der Waals surface area contributed by atoms with Crippen LogP contribution in [0.3, 0.4) is 0 Å². The minimum atomic E-state index is -0.226. The summed E-state index contributed by atoms with van der Waals surface area (Å²) in [5, 5.41) is 17.9. The number of nitrogens with zero attached hydrogens (tertiary/aromatic N) is 2. The van der Waals surface area contributed by atoms with Gasteiger partial charge in [0.2, 0.25) is 0 Å². The van der Waals surface area contributed by atoms with Gasteiger partial charge in [-0.05, 0) is 61.7 Å². The van der Waals surface area contributed by atoms with Gasteiger partial charge < -0.3 is 5.11 Å². The third-order valence-electron chi connectivity index (χ3n) is 6.16. The zero-order valence-corrected chi connectivity index (χ0v) is 15.5. The van der Waals surface area contributed by atoms with Crippen molar-refractivity contribution in [3.8, 4) is 10.6 Å². The zero-order valence-electron chi connectivity index (χ0n) is 14.7. The number of fused-ring (bicyclic) bond motifs is 2. The van der Waals surface area contributed by atoms with Gasteiger partial charge in [0, 0.05) is 23.0 Å². The summed E-state index contributed by atoms with van der Waals surface area (Å²) in [5.41, 5.74) is 3.80. The van der Waals surface area contributed by atoms with E-state index in [4.69, 9.17) is 0 Å². The number of hydrogen-bond donors (Lipinski definition) is 2. The van der Waals surface area contributed by atoms with Crippen molar-refractivity contribution in [2.45, 2.75) is 37.3 Å². The molecule has 2 aliphatic rings. The van der Waals surface area contributed by atoms with Crippen LogP contribution in [0.1, 0.15) is 28.8 Å². The van der Waals surface area contributed by atoms with Gasteiger partial charge in [-0.1, -0.05) is 24.3 Å². The summed E-state index contributed by atoms with van der Waals surface area (Å²) >= 11 is 1.83. The van der Waals surface area contributed by atoms with Crippen molar-refractivity contribution in [1.29, 1.82) is 0 Å². The molecule has 0 saturated carbocycles. The fourth-order valence-electron chi connectivity index (χ4n) is 4.70. The molecule has 3 aromatic rings. The maximum Gasteiger partial charge on any atom is 0.0749 e. The van der Waals surface area contributed by atoms with Crippen molar-refractivity contribution < 1.29 is 5.11 Å². The molecule has 134 valence electrons. The van der Waals surface area contributed by atoms with Gasteiger partial charge in [0.15, 0.2) is 0 Å². The van der Waals surface area contributed by atoms with E-state index in [-0.39, 0.29) is 11.5 Å². The Morgan fingerprint density at radius 1 is 1.15 bits per heavy atom. The Morgan fingerprint density at radius 3 is 2.81 bits per heavy atom. The molecule has 26 heavy (non-hydrogen) atoms. The molecular weight excluding hydrogens is 342 g/mol. The lowest BCUT2D eigenvalue weighted by Gasteiger charge is -2.42. The molecule has 1 saturated heterocycles. The minimum Gasteiger partial charge on any atom is -0.392 e. The van der Waals surface area contributed by atoms with Crippen LogP contribution in [-0.2, 0) is 18.4 Å². The highest BCUT2D eigenvalue weighted by Gasteiger charge is 2.47. The normalized spacial score (nSPS) is 22.0. The van der Waals surface area contributed by atoms with Crippen LogP contribution in [0.4, 0.5) is 0 Å². The number of H-pyrrole nitrogens is 1. The molecule has 1 spiro atoms. The van der Waals surface area contributed by atoms with Crippen LogP contribution in [0.2, 0.25) is 0 Å². The lowest BCUT2D eigenvalue weighted by Crippen LogP contribution is -2.46. The first-order valence-corrected chi connectivity index (χ1v) is 10.1. The van der Waals surface area contributed by atoms with Crippen LogP contribution in [-0.4, -0.2) is 39.4 Å². The van der Waals surface area contributed by atoms with Gasteiger partial charge >= 0.3 is 0 Å². The Labute approximate surface area is 157 Å². The maximum atomic E-state index is 10.8. The number of aliphatic hydroxyl groups is 1. The van der Waals surface area contributed by atoms with E-state index < -0.39 is 0 Å². The Kier molecular flexibility index (Phi) is 3.96. The first kappa shape index (κ1) is 16.2. The first-order chi connectivity index (χ1) is 12.7. The van der Waals surface area contributed by atoms with Gasteiger partial charge in [-0.3, -0.25) is 10.00 Å². The largest absolute Gasteiger partial charge is 0.392 e. The van der Waals surface area contributed by atoms with Gasteiger partial charge in [-0.2, -0.15) is 5.10 Å². The lowest BCUT2D eigenvalue weighted by molar-refractivity contribution is 0.0416. The molecule has 0 bridgehead atoms. The molecule has 1 aliphatic heterocycles. The van der Waals surface area contributed by atoms with Crippen LogP contribution in [0.15, 0.2) is 48.7 Å². The second-order valence-corrected chi connectivity index (χ2v) is 8.71. The smallest absolute Gasteiger partial charge is 0.0749 e. The molecule has 1 atom stereocenters. The van der Waals surface area contributed by atoms with Crippen molar-refractivity contribution in [2.24, 2.45) is 0 Å². The Morgan fingerprint density at radius 2 is 2.00 bits per heavy atom. The fourth-order valence-corrected chi connectivity index (χ4v) is 5.73. The third-order valence-corrected chi connectivity index (χ3v) is 7.26. The predicted molar refractivity (Wildman–Crippen MR) is 104 cm³/mol. The minimum absolute atomic E-state index is 0.0242. The van der Waals surface area contributed by atoms with Gasteiger partial charge in [0.1, 0.15) is 0 Å². The van der Waals surface area contributed by atoms with E-state index in [0.717, 1.165) is 44.6 Å². The molecule has 3 heterocycles. The van der Waals surface area contributed by atoms with E-state index in [0.29, 0.717) is 0 Å². The predicted octanol–water partition coefficient (Wildman–Crippen LogP) is 3.59. The molecule has 2 N–H and O–H groups in total. The van der Waals surface area contributed by atoms with Crippen molar-refractivity contribution >= 4 is 11.3 Å².